The van der Waals surface area contributed by atoms with Gasteiger partial charge in [-0.15, -0.1) is 0 Å². The van der Waals surface area contributed by atoms with E-state index in [1.807, 2.05) is 41.2 Å². The summed E-state index contributed by atoms with van der Waals surface area (Å²) < 4.78 is 28.7. The molecule has 6 heteroatoms. The monoisotopic (exact) mass is 319 g/mol. The van der Waals surface area contributed by atoms with Gasteiger partial charge in [-0.2, -0.15) is 5.10 Å². The van der Waals surface area contributed by atoms with Gasteiger partial charge >= 0.3 is 0 Å². The second-order valence-electron chi connectivity index (χ2n) is 6.08. The number of sulfonamides is 1. The van der Waals surface area contributed by atoms with E-state index in [-0.39, 0.29) is 5.25 Å². The first kappa shape index (κ1) is 15.2. The van der Waals surface area contributed by atoms with Gasteiger partial charge in [-0.1, -0.05) is 31.2 Å². The molecule has 3 rings (SSSR count). The Bertz CT molecular complexity index is 702. The zero-order chi connectivity index (χ0) is 15.6. The molecule has 0 aliphatic heterocycles. The fourth-order valence-corrected chi connectivity index (χ4v) is 4.49. The van der Waals surface area contributed by atoms with Crippen molar-refractivity contribution in [3.8, 4) is 0 Å². The number of nitrogens with one attached hydrogen (secondary N) is 1. The van der Waals surface area contributed by atoms with Gasteiger partial charge in [0.25, 0.3) is 0 Å². The molecular formula is C16H21N3O2S. The van der Waals surface area contributed by atoms with Gasteiger partial charge in [0.15, 0.2) is 0 Å². The molecule has 0 amide bonds. The van der Waals surface area contributed by atoms with E-state index in [0.717, 1.165) is 30.5 Å². The van der Waals surface area contributed by atoms with E-state index in [2.05, 4.69) is 16.7 Å². The summed E-state index contributed by atoms with van der Waals surface area (Å²) in [7, 11) is -3.17. The molecule has 0 spiro atoms. The van der Waals surface area contributed by atoms with Crippen molar-refractivity contribution in [2.45, 2.75) is 38.1 Å². The van der Waals surface area contributed by atoms with Gasteiger partial charge in [0, 0.05) is 18.9 Å². The van der Waals surface area contributed by atoms with Gasteiger partial charge < -0.3 is 0 Å². The number of rotatable bonds is 6. The molecule has 1 aliphatic carbocycles. The third-order valence-electron chi connectivity index (χ3n) is 4.17. The molecule has 1 aromatic heterocycles. The van der Waals surface area contributed by atoms with Crippen LogP contribution in [0.5, 0.6) is 0 Å². The van der Waals surface area contributed by atoms with Crippen molar-refractivity contribution in [2.24, 2.45) is 5.92 Å². The molecule has 1 saturated carbocycles. The first-order chi connectivity index (χ1) is 10.5. The zero-order valence-electron chi connectivity index (χ0n) is 12.6. The van der Waals surface area contributed by atoms with E-state index < -0.39 is 10.0 Å². The summed E-state index contributed by atoms with van der Waals surface area (Å²) in [5, 5.41) is 3.96. The molecule has 0 saturated heterocycles. The summed E-state index contributed by atoms with van der Waals surface area (Å²) in [6, 6.07) is 9.84. The number of hydrogen-bond acceptors (Lipinski definition) is 3. The van der Waals surface area contributed by atoms with Gasteiger partial charge in [-0.25, -0.2) is 13.1 Å². The topological polar surface area (TPSA) is 64.0 Å². The average molecular weight is 319 g/mol. The van der Waals surface area contributed by atoms with Crippen LogP contribution in [0.4, 0.5) is 0 Å². The third kappa shape index (κ3) is 3.56. The summed E-state index contributed by atoms with van der Waals surface area (Å²) in [6.07, 6.45) is 5.22. The minimum Gasteiger partial charge on any atom is -0.268 e. The Morgan fingerprint density at radius 2 is 1.91 bits per heavy atom. The molecule has 1 fully saturated rings. The first-order valence-electron chi connectivity index (χ1n) is 7.56. The van der Waals surface area contributed by atoms with Gasteiger partial charge in [0.1, 0.15) is 0 Å². The molecule has 2 aromatic rings. The number of benzene rings is 1. The third-order valence-corrected chi connectivity index (χ3v) is 5.98. The van der Waals surface area contributed by atoms with Crippen LogP contribution in [0.3, 0.4) is 0 Å². The molecule has 1 N–H and O–H groups in total. The predicted octanol–water partition coefficient (Wildman–Crippen LogP) is 2.15. The molecule has 1 aromatic carbocycles. The van der Waals surface area contributed by atoms with Crippen LogP contribution in [-0.2, 0) is 23.1 Å². The molecule has 0 radical (unpaired) electrons. The minimum absolute atomic E-state index is 0.207. The van der Waals surface area contributed by atoms with Crippen molar-refractivity contribution in [2.75, 3.05) is 0 Å². The normalized spacial score (nSPS) is 21.5. The van der Waals surface area contributed by atoms with Gasteiger partial charge in [-0.05, 0) is 36.0 Å². The van der Waals surface area contributed by atoms with Crippen LogP contribution in [-0.4, -0.2) is 23.4 Å². The van der Waals surface area contributed by atoms with Crippen molar-refractivity contribution in [3.05, 3.63) is 53.9 Å². The summed E-state index contributed by atoms with van der Waals surface area (Å²) in [5.74, 6) is 0.531. The van der Waals surface area contributed by atoms with Gasteiger partial charge in [0.2, 0.25) is 10.0 Å². The standard InChI is InChI=1S/C16H21N3O2S/c1-13-9-16(10-13)22(20,21)18-11-14-3-5-15(6-4-14)12-19-8-2-7-17-19/h2-8,13,16,18H,9-12H2,1H3. The van der Waals surface area contributed by atoms with Crippen molar-refractivity contribution >= 4 is 10.0 Å². The Kier molecular flexibility index (Phi) is 4.31. The Morgan fingerprint density at radius 3 is 2.50 bits per heavy atom. The van der Waals surface area contributed by atoms with Crippen molar-refractivity contribution in [1.29, 1.82) is 0 Å². The Balaban J connectivity index is 1.55. The first-order valence-corrected chi connectivity index (χ1v) is 9.11. The van der Waals surface area contributed by atoms with Crippen LogP contribution in [0, 0.1) is 5.92 Å². The van der Waals surface area contributed by atoms with Crippen LogP contribution >= 0.6 is 0 Å². The summed E-state index contributed by atoms with van der Waals surface area (Å²) in [6.45, 7) is 3.17. The van der Waals surface area contributed by atoms with Crippen molar-refractivity contribution in [3.63, 3.8) is 0 Å². The molecule has 0 atom stereocenters. The fourth-order valence-electron chi connectivity index (χ4n) is 2.73. The Morgan fingerprint density at radius 1 is 1.23 bits per heavy atom. The number of hydrogen-bond donors (Lipinski definition) is 1. The van der Waals surface area contributed by atoms with E-state index >= 15 is 0 Å². The minimum atomic E-state index is -3.17. The predicted molar refractivity (Wildman–Crippen MR) is 85.7 cm³/mol. The highest BCUT2D eigenvalue weighted by Crippen LogP contribution is 2.31. The molecule has 22 heavy (non-hydrogen) atoms. The largest absolute Gasteiger partial charge is 0.268 e. The van der Waals surface area contributed by atoms with Gasteiger partial charge in [0.05, 0.1) is 11.8 Å². The van der Waals surface area contributed by atoms with Crippen LogP contribution in [0.25, 0.3) is 0 Å². The highest BCUT2D eigenvalue weighted by molar-refractivity contribution is 7.90. The zero-order valence-corrected chi connectivity index (χ0v) is 13.5. The highest BCUT2D eigenvalue weighted by Gasteiger charge is 2.35. The Hall–Kier alpha value is -1.66. The molecule has 118 valence electrons. The second-order valence-corrected chi connectivity index (χ2v) is 8.13. The summed E-state index contributed by atoms with van der Waals surface area (Å²) in [4.78, 5) is 0. The van der Waals surface area contributed by atoms with Crippen LogP contribution in [0.15, 0.2) is 42.7 Å². The molecule has 0 bridgehead atoms. The lowest BCUT2D eigenvalue weighted by molar-refractivity contribution is 0.342. The molecule has 1 aliphatic rings. The van der Waals surface area contributed by atoms with Crippen molar-refractivity contribution in [1.82, 2.24) is 14.5 Å². The lowest BCUT2D eigenvalue weighted by atomic mass is 9.87. The lowest BCUT2D eigenvalue weighted by Gasteiger charge is -2.32. The van der Waals surface area contributed by atoms with E-state index in [1.54, 1.807) is 6.20 Å². The Labute approximate surface area is 131 Å². The van der Waals surface area contributed by atoms with E-state index in [0.29, 0.717) is 12.5 Å². The van der Waals surface area contributed by atoms with Crippen LogP contribution in [0.2, 0.25) is 0 Å². The second kappa shape index (κ2) is 6.22. The van der Waals surface area contributed by atoms with E-state index in [9.17, 15) is 8.42 Å². The highest BCUT2D eigenvalue weighted by atomic mass is 32.2. The maximum atomic E-state index is 12.1. The fraction of sp³-hybridized carbons (Fsp3) is 0.438. The molecule has 1 heterocycles. The quantitative estimate of drug-likeness (QED) is 0.887. The molecule has 5 nitrogen and oxygen atoms in total. The molecular weight excluding hydrogens is 298 g/mol. The van der Waals surface area contributed by atoms with Gasteiger partial charge in [-0.3, -0.25) is 4.68 Å². The summed E-state index contributed by atoms with van der Waals surface area (Å²) in [5.41, 5.74) is 2.11. The summed E-state index contributed by atoms with van der Waals surface area (Å²) >= 11 is 0. The SMILES string of the molecule is CC1CC(S(=O)(=O)NCc2ccc(Cn3cccn3)cc2)C1. The molecule has 0 unspecified atom stereocenters. The van der Waals surface area contributed by atoms with E-state index in [1.165, 1.54) is 0 Å². The lowest BCUT2D eigenvalue weighted by Crippen LogP contribution is -2.41. The van der Waals surface area contributed by atoms with Crippen LogP contribution < -0.4 is 4.72 Å². The van der Waals surface area contributed by atoms with Crippen molar-refractivity contribution < 1.29 is 8.42 Å². The number of nitrogens with zero attached hydrogens (tertiary/aromatic N) is 2. The van der Waals surface area contributed by atoms with Crippen LogP contribution in [0.1, 0.15) is 30.9 Å². The average Bonchev–Trinajstić information content (AvgIpc) is 2.96. The smallest absolute Gasteiger partial charge is 0.214 e. The maximum absolute atomic E-state index is 12.1. The maximum Gasteiger partial charge on any atom is 0.214 e. The number of aromatic nitrogens is 2. The van der Waals surface area contributed by atoms with E-state index in [4.69, 9.17) is 0 Å².